The van der Waals surface area contributed by atoms with Gasteiger partial charge < -0.3 is 10.0 Å². The predicted molar refractivity (Wildman–Crippen MR) is 97.5 cm³/mol. The van der Waals surface area contributed by atoms with Gasteiger partial charge in [0.15, 0.2) is 0 Å². The molecule has 4 rings (SSSR count). The standard InChI is InChI=1S/C19H23N5O/c1-14(2)24-12-18(21-22-24)19(25)9-5-11-23(13-19)17-8-10-20-16-7-4-3-6-15(16)17/h3-4,6-8,10,12,14,25H,5,9,11,13H2,1-2H3. The van der Waals surface area contributed by atoms with Gasteiger partial charge in [0.2, 0.25) is 0 Å². The van der Waals surface area contributed by atoms with Gasteiger partial charge in [0.25, 0.3) is 0 Å². The quantitative estimate of drug-likeness (QED) is 0.796. The third-order valence-electron chi connectivity index (χ3n) is 4.95. The third-order valence-corrected chi connectivity index (χ3v) is 4.95. The second kappa shape index (κ2) is 6.11. The summed E-state index contributed by atoms with van der Waals surface area (Å²) < 4.78 is 1.80. The first-order valence-electron chi connectivity index (χ1n) is 8.80. The highest BCUT2D eigenvalue weighted by Gasteiger charge is 2.38. The van der Waals surface area contributed by atoms with Crippen LogP contribution in [0.4, 0.5) is 5.69 Å². The molecule has 3 heterocycles. The molecule has 6 heteroatoms. The van der Waals surface area contributed by atoms with Crippen LogP contribution < -0.4 is 4.90 Å². The average Bonchev–Trinajstić information content (AvgIpc) is 3.13. The molecule has 1 fully saturated rings. The molecule has 0 aliphatic carbocycles. The Labute approximate surface area is 147 Å². The monoisotopic (exact) mass is 337 g/mol. The number of para-hydroxylation sites is 1. The second-order valence-corrected chi connectivity index (χ2v) is 7.08. The van der Waals surface area contributed by atoms with Crippen LogP contribution in [-0.2, 0) is 5.60 Å². The molecule has 1 atom stereocenters. The Morgan fingerprint density at radius 3 is 2.84 bits per heavy atom. The summed E-state index contributed by atoms with van der Waals surface area (Å²) in [6, 6.07) is 10.4. The van der Waals surface area contributed by atoms with Gasteiger partial charge in [-0.05, 0) is 38.8 Å². The van der Waals surface area contributed by atoms with E-state index < -0.39 is 5.60 Å². The number of aliphatic hydroxyl groups is 1. The first-order chi connectivity index (χ1) is 12.1. The van der Waals surface area contributed by atoms with Crippen LogP contribution in [0.15, 0.2) is 42.7 Å². The predicted octanol–water partition coefficient (Wildman–Crippen LogP) is 2.90. The van der Waals surface area contributed by atoms with Crippen LogP contribution in [0.5, 0.6) is 0 Å². The summed E-state index contributed by atoms with van der Waals surface area (Å²) >= 11 is 0. The lowest BCUT2D eigenvalue weighted by Gasteiger charge is -2.39. The fraction of sp³-hybridized carbons (Fsp3) is 0.421. The highest BCUT2D eigenvalue weighted by atomic mass is 16.3. The Morgan fingerprint density at radius 2 is 2.04 bits per heavy atom. The van der Waals surface area contributed by atoms with E-state index in [4.69, 9.17) is 0 Å². The molecule has 3 aromatic rings. The maximum atomic E-state index is 11.3. The Kier molecular flexibility index (Phi) is 3.92. The summed E-state index contributed by atoms with van der Waals surface area (Å²) in [6.07, 6.45) is 5.31. The number of benzene rings is 1. The normalized spacial score (nSPS) is 21.2. The topological polar surface area (TPSA) is 67.1 Å². The zero-order chi connectivity index (χ0) is 17.4. The second-order valence-electron chi connectivity index (χ2n) is 7.08. The van der Waals surface area contributed by atoms with Crippen molar-refractivity contribution < 1.29 is 5.11 Å². The van der Waals surface area contributed by atoms with Gasteiger partial charge in [0, 0.05) is 29.9 Å². The van der Waals surface area contributed by atoms with Gasteiger partial charge in [0.05, 0.1) is 18.3 Å². The van der Waals surface area contributed by atoms with Crippen LogP contribution in [0.1, 0.15) is 38.4 Å². The van der Waals surface area contributed by atoms with E-state index in [1.54, 1.807) is 4.68 Å². The number of rotatable bonds is 3. The van der Waals surface area contributed by atoms with Gasteiger partial charge in [-0.25, -0.2) is 4.68 Å². The Morgan fingerprint density at radius 1 is 1.20 bits per heavy atom. The van der Waals surface area contributed by atoms with E-state index in [-0.39, 0.29) is 6.04 Å². The minimum Gasteiger partial charge on any atom is -0.382 e. The summed E-state index contributed by atoms with van der Waals surface area (Å²) in [4.78, 5) is 6.68. The van der Waals surface area contributed by atoms with Gasteiger partial charge in [-0.3, -0.25) is 4.98 Å². The van der Waals surface area contributed by atoms with Gasteiger partial charge in [-0.1, -0.05) is 23.4 Å². The molecule has 1 N–H and O–H groups in total. The summed E-state index contributed by atoms with van der Waals surface area (Å²) in [6.45, 7) is 5.53. The van der Waals surface area contributed by atoms with Crippen molar-refractivity contribution in [2.75, 3.05) is 18.0 Å². The number of aromatic nitrogens is 4. The number of nitrogens with zero attached hydrogens (tertiary/aromatic N) is 5. The molecule has 0 amide bonds. The molecule has 6 nitrogen and oxygen atoms in total. The van der Waals surface area contributed by atoms with Gasteiger partial charge in [0.1, 0.15) is 11.3 Å². The molecule has 1 aliphatic rings. The number of hydrogen-bond donors (Lipinski definition) is 1. The lowest BCUT2D eigenvalue weighted by atomic mass is 9.89. The van der Waals surface area contributed by atoms with Crippen LogP contribution in [-0.4, -0.2) is 38.2 Å². The van der Waals surface area contributed by atoms with Gasteiger partial charge >= 0.3 is 0 Å². The highest BCUT2D eigenvalue weighted by Crippen LogP contribution is 2.35. The molecule has 1 aromatic carbocycles. The Hall–Kier alpha value is -2.47. The first kappa shape index (κ1) is 16.0. The number of pyridine rings is 1. The molecule has 0 bridgehead atoms. The maximum Gasteiger partial charge on any atom is 0.127 e. The van der Waals surface area contributed by atoms with Crippen molar-refractivity contribution in [1.29, 1.82) is 0 Å². The number of fused-ring (bicyclic) bond motifs is 1. The van der Waals surface area contributed by atoms with E-state index in [1.165, 1.54) is 0 Å². The fourth-order valence-electron chi connectivity index (χ4n) is 3.55. The van der Waals surface area contributed by atoms with Gasteiger partial charge in [-0.15, -0.1) is 5.10 Å². The summed E-state index contributed by atoms with van der Waals surface area (Å²) in [5.41, 5.74) is 1.76. The molecular formula is C19H23N5O. The molecule has 2 aromatic heterocycles. The van der Waals surface area contributed by atoms with Crippen molar-refractivity contribution in [3.05, 3.63) is 48.4 Å². The molecule has 0 radical (unpaired) electrons. The summed E-state index contributed by atoms with van der Waals surface area (Å²) in [7, 11) is 0. The minimum atomic E-state index is -0.976. The maximum absolute atomic E-state index is 11.3. The van der Waals surface area contributed by atoms with E-state index >= 15 is 0 Å². The Balaban J connectivity index is 1.68. The number of β-amino-alcohol motifs (C(OH)–C–C–N with tert-alkyl or cyclic N) is 1. The number of anilines is 1. The zero-order valence-electron chi connectivity index (χ0n) is 14.6. The summed E-state index contributed by atoms with van der Waals surface area (Å²) in [5.74, 6) is 0. The van der Waals surface area contributed by atoms with E-state index in [1.807, 2.05) is 36.7 Å². The van der Waals surface area contributed by atoms with E-state index in [9.17, 15) is 5.11 Å². The van der Waals surface area contributed by atoms with Crippen molar-refractivity contribution in [1.82, 2.24) is 20.0 Å². The molecule has 0 spiro atoms. The number of piperidine rings is 1. The van der Waals surface area contributed by atoms with Crippen molar-refractivity contribution in [2.24, 2.45) is 0 Å². The molecule has 1 saturated heterocycles. The van der Waals surface area contributed by atoms with Gasteiger partial charge in [-0.2, -0.15) is 0 Å². The zero-order valence-corrected chi connectivity index (χ0v) is 14.6. The van der Waals surface area contributed by atoms with Crippen LogP contribution in [0.2, 0.25) is 0 Å². The van der Waals surface area contributed by atoms with Crippen LogP contribution in [0.25, 0.3) is 10.9 Å². The highest BCUT2D eigenvalue weighted by molar-refractivity contribution is 5.91. The average molecular weight is 337 g/mol. The van der Waals surface area contributed by atoms with E-state index in [0.29, 0.717) is 18.7 Å². The van der Waals surface area contributed by atoms with E-state index in [0.717, 1.165) is 29.6 Å². The van der Waals surface area contributed by atoms with Crippen molar-refractivity contribution in [3.8, 4) is 0 Å². The smallest absolute Gasteiger partial charge is 0.127 e. The summed E-state index contributed by atoms with van der Waals surface area (Å²) in [5, 5.41) is 20.8. The molecular weight excluding hydrogens is 314 g/mol. The fourth-order valence-corrected chi connectivity index (χ4v) is 3.55. The SMILES string of the molecule is CC(C)n1cc(C2(O)CCCN(c3ccnc4ccccc34)C2)nn1. The molecule has 1 aliphatic heterocycles. The first-order valence-corrected chi connectivity index (χ1v) is 8.80. The van der Waals surface area contributed by atoms with Crippen LogP contribution in [0, 0.1) is 0 Å². The minimum absolute atomic E-state index is 0.230. The molecule has 25 heavy (non-hydrogen) atoms. The largest absolute Gasteiger partial charge is 0.382 e. The van der Waals surface area contributed by atoms with Crippen molar-refractivity contribution in [3.63, 3.8) is 0 Å². The van der Waals surface area contributed by atoms with Crippen LogP contribution in [0.3, 0.4) is 0 Å². The van der Waals surface area contributed by atoms with Crippen molar-refractivity contribution in [2.45, 2.75) is 38.3 Å². The lowest BCUT2D eigenvalue weighted by Crippen LogP contribution is -2.46. The Bertz CT molecular complexity index is 885. The van der Waals surface area contributed by atoms with E-state index in [2.05, 4.69) is 40.1 Å². The number of hydrogen-bond acceptors (Lipinski definition) is 5. The molecule has 1 unspecified atom stereocenters. The lowest BCUT2D eigenvalue weighted by molar-refractivity contribution is 0.0177. The molecule has 130 valence electrons. The molecule has 0 saturated carbocycles. The third kappa shape index (κ3) is 2.87. The van der Waals surface area contributed by atoms with Crippen molar-refractivity contribution >= 4 is 16.6 Å². The van der Waals surface area contributed by atoms with Crippen LogP contribution >= 0.6 is 0 Å².